The standard InChI is InChI=1S/C11H10BrNS/c1-7-10(12)6-11(14-7)8-2-4-9(13)5-3-8/h2-6H,13H2,1H3. The molecule has 1 aromatic carbocycles. The first-order valence-corrected chi connectivity index (χ1v) is 5.89. The molecule has 72 valence electrons. The fraction of sp³-hybridized carbons (Fsp3) is 0.0909. The van der Waals surface area contributed by atoms with Crippen LogP contribution in [-0.2, 0) is 0 Å². The van der Waals surface area contributed by atoms with Gasteiger partial charge < -0.3 is 5.73 Å². The zero-order valence-electron chi connectivity index (χ0n) is 7.75. The minimum atomic E-state index is 0.807. The number of benzene rings is 1. The van der Waals surface area contributed by atoms with E-state index in [2.05, 4.69) is 28.9 Å². The van der Waals surface area contributed by atoms with Gasteiger partial charge in [-0.25, -0.2) is 0 Å². The van der Waals surface area contributed by atoms with E-state index < -0.39 is 0 Å². The van der Waals surface area contributed by atoms with Crippen LogP contribution in [0.25, 0.3) is 10.4 Å². The van der Waals surface area contributed by atoms with Crippen LogP contribution in [0.3, 0.4) is 0 Å². The first-order chi connectivity index (χ1) is 6.66. The summed E-state index contributed by atoms with van der Waals surface area (Å²) in [6, 6.07) is 10.1. The molecule has 1 heterocycles. The van der Waals surface area contributed by atoms with Gasteiger partial charge in [0.25, 0.3) is 0 Å². The second kappa shape index (κ2) is 3.75. The number of nitrogen functional groups attached to an aromatic ring is 1. The Labute approximate surface area is 95.7 Å². The van der Waals surface area contributed by atoms with Crippen molar-refractivity contribution in [1.29, 1.82) is 0 Å². The molecule has 0 fully saturated rings. The van der Waals surface area contributed by atoms with Gasteiger partial charge in [0.1, 0.15) is 0 Å². The van der Waals surface area contributed by atoms with Crippen molar-refractivity contribution >= 4 is 33.0 Å². The Kier molecular flexibility index (Phi) is 2.61. The number of anilines is 1. The molecule has 2 N–H and O–H groups in total. The molecule has 0 spiro atoms. The van der Waals surface area contributed by atoms with Gasteiger partial charge in [0.15, 0.2) is 0 Å². The van der Waals surface area contributed by atoms with Crippen molar-refractivity contribution < 1.29 is 0 Å². The van der Waals surface area contributed by atoms with Crippen LogP contribution in [0.15, 0.2) is 34.8 Å². The molecule has 0 saturated heterocycles. The lowest BCUT2D eigenvalue weighted by Crippen LogP contribution is -1.82. The van der Waals surface area contributed by atoms with Gasteiger partial charge in [-0.2, -0.15) is 0 Å². The van der Waals surface area contributed by atoms with E-state index in [-0.39, 0.29) is 0 Å². The van der Waals surface area contributed by atoms with Gasteiger partial charge in [0.05, 0.1) is 0 Å². The molecule has 0 aliphatic rings. The van der Waals surface area contributed by atoms with E-state index in [9.17, 15) is 0 Å². The molecule has 1 aromatic heterocycles. The second-order valence-corrected chi connectivity index (χ2v) is 5.25. The van der Waals surface area contributed by atoms with Crippen molar-refractivity contribution in [3.8, 4) is 10.4 Å². The Morgan fingerprint density at radius 2 is 1.86 bits per heavy atom. The normalized spacial score (nSPS) is 10.4. The predicted molar refractivity (Wildman–Crippen MR) is 66.6 cm³/mol. The number of hydrogen-bond donors (Lipinski definition) is 1. The average molecular weight is 268 g/mol. The summed E-state index contributed by atoms with van der Waals surface area (Å²) in [6.45, 7) is 2.11. The van der Waals surface area contributed by atoms with Crippen molar-refractivity contribution in [3.05, 3.63) is 39.7 Å². The highest BCUT2D eigenvalue weighted by molar-refractivity contribution is 9.10. The zero-order valence-corrected chi connectivity index (χ0v) is 10.2. The Morgan fingerprint density at radius 3 is 2.36 bits per heavy atom. The summed E-state index contributed by atoms with van der Waals surface area (Å²) in [7, 11) is 0. The highest BCUT2D eigenvalue weighted by Crippen LogP contribution is 2.34. The van der Waals surface area contributed by atoms with Crippen LogP contribution in [0.5, 0.6) is 0 Å². The first-order valence-electron chi connectivity index (χ1n) is 4.28. The molecule has 0 saturated carbocycles. The molecule has 0 atom stereocenters. The topological polar surface area (TPSA) is 26.0 Å². The second-order valence-electron chi connectivity index (χ2n) is 3.14. The van der Waals surface area contributed by atoms with Crippen LogP contribution >= 0.6 is 27.3 Å². The van der Waals surface area contributed by atoms with Gasteiger partial charge in [0.2, 0.25) is 0 Å². The predicted octanol–water partition coefficient (Wildman–Crippen LogP) is 4.07. The molecule has 1 nitrogen and oxygen atoms in total. The van der Waals surface area contributed by atoms with Gasteiger partial charge in [-0.05, 0) is 46.6 Å². The third-order valence-corrected chi connectivity index (χ3v) is 4.24. The maximum absolute atomic E-state index is 5.63. The van der Waals surface area contributed by atoms with Crippen LogP contribution in [0.1, 0.15) is 4.88 Å². The fourth-order valence-electron chi connectivity index (χ4n) is 1.25. The van der Waals surface area contributed by atoms with Crippen molar-refractivity contribution in [3.63, 3.8) is 0 Å². The van der Waals surface area contributed by atoms with Gasteiger partial charge >= 0.3 is 0 Å². The average Bonchev–Trinajstić information content (AvgIpc) is 2.48. The number of hydrogen-bond acceptors (Lipinski definition) is 2. The molecule has 2 aromatic rings. The number of nitrogens with two attached hydrogens (primary N) is 1. The molecule has 3 heteroatoms. The van der Waals surface area contributed by atoms with E-state index in [1.807, 2.05) is 24.3 Å². The fourth-order valence-corrected chi connectivity index (χ4v) is 2.79. The van der Waals surface area contributed by atoms with Gasteiger partial charge in [-0.3, -0.25) is 0 Å². The van der Waals surface area contributed by atoms with Crippen molar-refractivity contribution in [2.75, 3.05) is 5.73 Å². The molecule has 14 heavy (non-hydrogen) atoms. The molecular formula is C11H10BrNS. The van der Waals surface area contributed by atoms with Crippen molar-refractivity contribution in [1.82, 2.24) is 0 Å². The molecule has 0 bridgehead atoms. The number of halogens is 1. The first kappa shape index (κ1) is 9.74. The third-order valence-electron chi connectivity index (χ3n) is 2.05. The summed E-state index contributed by atoms with van der Waals surface area (Å²) >= 11 is 5.30. The van der Waals surface area contributed by atoms with Crippen molar-refractivity contribution in [2.24, 2.45) is 0 Å². The van der Waals surface area contributed by atoms with Crippen LogP contribution in [0.4, 0.5) is 5.69 Å². The minimum Gasteiger partial charge on any atom is -0.399 e. The maximum atomic E-state index is 5.63. The van der Waals surface area contributed by atoms with E-state index in [1.165, 1.54) is 19.8 Å². The Balaban J connectivity index is 2.44. The molecule has 2 rings (SSSR count). The smallest absolute Gasteiger partial charge is 0.0357 e. The molecule has 0 unspecified atom stereocenters. The Bertz CT molecular complexity index is 425. The molecule has 0 radical (unpaired) electrons. The van der Waals surface area contributed by atoms with Crippen LogP contribution < -0.4 is 5.73 Å². The van der Waals surface area contributed by atoms with E-state index >= 15 is 0 Å². The van der Waals surface area contributed by atoms with Gasteiger partial charge in [0, 0.05) is 19.9 Å². The summed E-state index contributed by atoms with van der Waals surface area (Å²) in [6.07, 6.45) is 0. The summed E-state index contributed by atoms with van der Waals surface area (Å²) < 4.78 is 1.18. The SMILES string of the molecule is Cc1sc(-c2ccc(N)cc2)cc1Br. The van der Waals surface area contributed by atoms with Crippen molar-refractivity contribution in [2.45, 2.75) is 6.92 Å². The van der Waals surface area contributed by atoms with E-state index in [1.54, 1.807) is 11.3 Å². The molecule has 0 aliphatic carbocycles. The summed E-state index contributed by atoms with van der Waals surface area (Å²) in [5.74, 6) is 0. The van der Waals surface area contributed by atoms with E-state index in [4.69, 9.17) is 5.73 Å². The van der Waals surface area contributed by atoms with Gasteiger partial charge in [-0.1, -0.05) is 12.1 Å². The highest BCUT2D eigenvalue weighted by Gasteiger charge is 2.04. The van der Waals surface area contributed by atoms with Crippen LogP contribution in [0.2, 0.25) is 0 Å². The lowest BCUT2D eigenvalue weighted by Gasteiger charge is -1.97. The maximum Gasteiger partial charge on any atom is 0.0357 e. The molecule has 0 aliphatic heterocycles. The number of thiophene rings is 1. The summed E-state index contributed by atoms with van der Waals surface area (Å²) in [5, 5.41) is 0. The largest absolute Gasteiger partial charge is 0.399 e. The highest BCUT2D eigenvalue weighted by atomic mass is 79.9. The van der Waals surface area contributed by atoms with E-state index in [0.29, 0.717) is 0 Å². The molecule has 0 amide bonds. The Morgan fingerprint density at radius 1 is 1.21 bits per heavy atom. The lowest BCUT2D eigenvalue weighted by atomic mass is 10.2. The minimum absolute atomic E-state index is 0.807. The third kappa shape index (κ3) is 1.83. The lowest BCUT2D eigenvalue weighted by molar-refractivity contribution is 1.59. The zero-order chi connectivity index (χ0) is 10.1. The summed E-state index contributed by atoms with van der Waals surface area (Å²) in [4.78, 5) is 2.58. The van der Waals surface area contributed by atoms with Gasteiger partial charge in [-0.15, -0.1) is 11.3 Å². The quantitative estimate of drug-likeness (QED) is 0.775. The monoisotopic (exact) mass is 267 g/mol. The van der Waals surface area contributed by atoms with E-state index in [0.717, 1.165) is 5.69 Å². The van der Waals surface area contributed by atoms with Crippen LogP contribution in [0, 0.1) is 6.92 Å². The number of aryl methyl sites for hydroxylation is 1. The number of rotatable bonds is 1. The summed E-state index contributed by atoms with van der Waals surface area (Å²) in [5.41, 5.74) is 7.66. The van der Waals surface area contributed by atoms with Crippen LogP contribution in [-0.4, -0.2) is 0 Å². The molecular weight excluding hydrogens is 258 g/mol. The Hall–Kier alpha value is -0.800.